The van der Waals surface area contributed by atoms with Gasteiger partial charge in [0, 0.05) is 0 Å². The fourth-order valence-corrected chi connectivity index (χ4v) is 4.49. The van der Waals surface area contributed by atoms with E-state index in [0.29, 0.717) is 12.5 Å². The molecule has 0 amide bonds. The summed E-state index contributed by atoms with van der Waals surface area (Å²) in [4.78, 5) is 28.1. The Hall–Kier alpha value is -1.57. The molecule has 1 saturated heterocycles. The quantitative estimate of drug-likeness (QED) is 0.590. The summed E-state index contributed by atoms with van der Waals surface area (Å²) < 4.78 is 10.9. The van der Waals surface area contributed by atoms with Gasteiger partial charge in [-0.1, -0.05) is 6.92 Å². The van der Waals surface area contributed by atoms with Crippen LogP contribution in [0, 0.1) is 35.7 Å². The summed E-state index contributed by atoms with van der Waals surface area (Å²) in [5.41, 5.74) is -0.482. The van der Waals surface area contributed by atoms with E-state index >= 15 is 0 Å². The molecule has 3 aliphatic rings. The number of fused-ring (bicyclic) bond motifs is 2. The average molecular weight is 319 g/mol. The van der Waals surface area contributed by atoms with Gasteiger partial charge in [0.1, 0.15) is 6.10 Å². The van der Waals surface area contributed by atoms with Crippen LogP contribution in [0.1, 0.15) is 46.5 Å². The van der Waals surface area contributed by atoms with Gasteiger partial charge in [-0.25, -0.2) is 6.57 Å². The van der Waals surface area contributed by atoms with E-state index in [2.05, 4.69) is 4.85 Å². The molecular weight excluding hydrogens is 294 g/mol. The fraction of sp³-hybridized carbons (Fsp3) is 0.833. The van der Waals surface area contributed by atoms with Gasteiger partial charge in [-0.2, -0.15) is 0 Å². The highest BCUT2D eigenvalue weighted by atomic mass is 16.5. The Labute approximate surface area is 137 Å². The van der Waals surface area contributed by atoms with E-state index in [1.165, 1.54) is 0 Å². The molecule has 3 rings (SSSR count). The zero-order valence-electron chi connectivity index (χ0n) is 14.1. The summed E-state index contributed by atoms with van der Waals surface area (Å²) in [7, 11) is 0. The first-order valence-electron chi connectivity index (χ1n) is 8.63. The maximum atomic E-state index is 12.3. The molecule has 5 nitrogen and oxygen atoms in total. The molecule has 126 valence electrons. The maximum absolute atomic E-state index is 12.3. The Morgan fingerprint density at radius 3 is 2.74 bits per heavy atom. The standard InChI is InChI=1S/C18H25NO4/c1-5-18(2,3)17(21)23-13-9-10-8-12(13)15(19-4)14(10)11-6-7-22-16(11)20/h10-15H,5-9H2,1-3H3. The molecule has 0 aromatic rings. The van der Waals surface area contributed by atoms with E-state index in [0.717, 1.165) is 25.7 Å². The molecule has 0 aromatic heterocycles. The average Bonchev–Trinajstić information content (AvgIpc) is 3.20. The number of ether oxygens (including phenoxy) is 2. The predicted molar refractivity (Wildman–Crippen MR) is 83.1 cm³/mol. The van der Waals surface area contributed by atoms with Gasteiger partial charge >= 0.3 is 11.9 Å². The second-order valence-corrected chi connectivity index (χ2v) is 7.84. The molecule has 2 aliphatic carbocycles. The molecule has 0 radical (unpaired) electrons. The van der Waals surface area contributed by atoms with Crippen LogP contribution >= 0.6 is 0 Å². The van der Waals surface area contributed by atoms with Gasteiger partial charge in [0.25, 0.3) is 0 Å². The first-order chi connectivity index (χ1) is 10.9. The number of esters is 2. The molecule has 0 spiro atoms. The Morgan fingerprint density at radius 1 is 1.43 bits per heavy atom. The van der Waals surface area contributed by atoms with Crippen LogP contribution in [0.25, 0.3) is 4.85 Å². The molecule has 5 heteroatoms. The largest absolute Gasteiger partial charge is 0.465 e. The second kappa shape index (κ2) is 5.81. The summed E-state index contributed by atoms with van der Waals surface area (Å²) in [5, 5.41) is 0. The van der Waals surface area contributed by atoms with Crippen LogP contribution in [0.2, 0.25) is 0 Å². The third kappa shape index (κ3) is 2.62. The summed E-state index contributed by atoms with van der Waals surface area (Å²) in [6.45, 7) is 13.8. The molecule has 6 atom stereocenters. The van der Waals surface area contributed by atoms with Gasteiger partial charge < -0.3 is 14.3 Å². The lowest BCUT2D eigenvalue weighted by Gasteiger charge is -2.32. The van der Waals surface area contributed by atoms with E-state index in [9.17, 15) is 9.59 Å². The number of rotatable bonds is 4. The van der Waals surface area contributed by atoms with E-state index in [1.54, 1.807) is 0 Å². The Kier molecular flexibility index (Phi) is 4.12. The fourth-order valence-electron chi connectivity index (χ4n) is 4.49. The zero-order valence-corrected chi connectivity index (χ0v) is 14.1. The summed E-state index contributed by atoms with van der Waals surface area (Å²) in [6, 6.07) is -0.216. The van der Waals surface area contributed by atoms with Crippen LogP contribution in [0.5, 0.6) is 0 Å². The van der Waals surface area contributed by atoms with Crippen LogP contribution < -0.4 is 0 Å². The van der Waals surface area contributed by atoms with Crippen molar-refractivity contribution >= 4 is 11.9 Å². The molecule has 2 bridgehead atoms. The Morgan fingerprint density at radius 2 is 2.17 bits per heavy atom. The van der Waals surface area contributed by atoms with Crippen LogP contribution in [-0.2, 0) is 19.1 Å². The minimum Gasteiger partial charge on any atom is -0.465 e. The number of carbonyl (C=O) groups is 2. The van der Waals surface area contributed by atoms with Crippen LogP contribution in [-0.4, -0.2) is 30.7 Å². The lowest BCUT2D eigenvalue weighted by molar-refractivity contribution is -0.163. The first kappa shape index (κ1) is 16.3. The lowest BCUT2D eigenvalue weighted by atomic mass is 9.75. The smallest absolute Gasteiger partial charge is 0.311 e. The summed E-state index contributed by atoms with van der Waals surface area (Å²) in [5.74, 6) is 0.0224. The minimum atomic E-state index is -0.482. The van der Waals surface area contributed by atoms with Crippen molar-refractivity contribution in [2.75, 3.05) is 6.61 Å². The van der Waals surface area contributed by atoms with Gasteiger partial charge in [-0.15, -0.1) is 0 Å². The van der Waals surface area contributed by atoms with Crippen molar-refractivity contribution in [1.82, 2.24) is 0 Å². The van der Waals surface area contributed by atoms with Crippen molar-refractivity contribution < 1.29 is 19.1 Å². The summed E-state index contributed by atoms with van der Waals surface area (Å²) >= 11 is 0. The summed E-state index contributed by atoms with van der Waals surface area (Å²) in [6.07, 6.45) is 2.98. The van der Waals surface area contributed by atoms with Crippen molar-refractivity contribution in [2.24, 2.45) is 29.1 Å². The van der Waals surface area contributed by atoms with Crippen molar-refractivity contribution in [2.45, 2.75) is 58.6 Å². The van der Waals surface area contributed by atoms with E-state index in [-0.39, 0.29) is 41.8 Å². The highest BCUT2D eigenvalue weighted by Gasteiger charge is 2.62. The second-order valence-electron chi connectivity index (χ2n) is 7.84. The molecule has 1 aliphatic heterocycles. The highest BCUT2D eigenvalue weighted by Crippen LogP contribution is 2.55. The number of nitrogens with zero attached hydrogens (tertiary/aromatic N) is 1. The Balaban J connectivity index is 1.71. The molecule has 23 heavy (non-hydrogen) atoms. The number of cyclic esters (lactones) is 1. The third-order valence-corrected chi connectivity index (χ3v) is 6.25. The normalized spacial score (nSPS) is 39.1. The highest BCUT2D eigenvalue weighted by molar-refractivity contribution is 5.76. The van der Waals surface area contributed by atoms with Crippen LogP contribution in [0.3, 0.4) is 0 Å². The number of hydrogen-bond acceptors (Lipinski definition) is 4. The topological polar surface area (TPSA) is 57.0 Å². The molecule has 0 aromatic carbocycles. The SMILES string of the molecule is [C-]#[N+]C1C2CC(CC2OC(=O)C(C)(C)CC)C1C1CCOC1=O. The molecule has 3 fully saturated rings. The van der Waals surface area contributed by atoms with E-state index < -0.39 is 5.41 Å². The van der Waals surface area contributed by atoms with Crippen molar-refractivity contribution in [3.8, 4) is 0 Å². The maximum Gasteiger partial charge on any atom is 0.311 e. The van der Waals surface area contributed by atoms with Gasteiger partial charge in [0.05, 0.1) is 29.8 Å². The lowest BCUT2D eigenvalue weighted by Crippen LogP contribution is -2.42. The van der Waals surface area contributed by atoms with Crippen LogP contribution in [0.4, 0.5) is 0 Å². The first-order valence-corrected chi connectivity index (χ1v) is 8.63. The third-order valence-electron chi connectivity index (χ3n) is 6.25. The van der Waals surface area contributed by atoms with Crippen molar-refractivity contribution in [3.05, 3.63) is 11.4 Å². The molecule has 6 unspecified atom stereocenters. The van der Waals surface area contributed by atoms with Crippen LogP contribution in [0.15, 0.2) is 0 Å². The number of carbonyl (C=O) groups excluding carboxylic acids is 2. The minimum absolute atomic E-state index is 0.0764. The van der Waals surface area contributed by atoms with Gasteiger partial charge in [0.15, 0.2) is 0 Å². The van der Waals surface area contributed by atoms with Gasteiger partial charge in [-0.3, -0.25) is 9.59 Å². The van der Waals surface area contributed by atoms with Gasteiger partial charge in [0.2, 0.25) is 6.04 Å². The molecule has 0 N–H and O–H groups in total. The Bertz CT molecular complexity index is 550. The molecule has 2 saturated carbocycles. The van der Waals surface area contributed by atoms with E-state index in [4.69, 9.17) is 16.0 Å². The molecule has 1 heterocycles. The monoisotopic (exact) mass is 319 g/mol. The number of hydrogen-bond donors (Lipinski definition) is 0. The zero-order chi connectivity index (χ0) is 16.8. The predicted octanol–water partition coefficient (Wildman–Crippen LogP) is 2.84. The van der Waals surface area contributed by atoms with Gasteiger partial charge in [-0.05, 0) is 45.4 Å². The van der Waals surface area contributed by atoms with Crippen molar-refractivity contribution in [3.63, 3.8) is 0 Å². The van der Waals surface area contributed by atoms with Crippen molar-refractivity contribution in [1.29, 1.82) is 0 Å². The van der Waals surface area contributed by atoms with E-state index in [1.807, 2.05) is 20.8 Å². The molecular formula is C18H25NO4.